The topological polar surface area (TPSA) is 36.7 Å². The van der Waals surface area contributed by atoms with E-state index in [0.29, 0.717) is 6.07 Å². The zero-order chi connectivity index (χ0) is 10.9. The average Bonchev–Trinajstić information content (AvgIpc) is 2.01. The Labute approximate surface area is 86.9 Å². The van der Waals surface area contributed by atoms with Crippen molar-refractivity contribution in [3.05, 3.63) is 27.5 Å². The molecule has 0 amide bonds. The van der Waals surface area contributed by atoms with Crippen LogP contribution in [0.4, 0.5) is 13.2 Å². The molecule has 0 aliphatic heterocycles. The Hall–Kier alpha value is -0.990. The van der Waals surface area contributed by atoms with Gasteiger partial charge in [0.1, 0.15) is 22.5 Å². The van der Waals surface area contributed by atoms with Crippen molar-refractivity contribution in [1.82, 2.24) is 4.98 Å². The molecule has 0 bridgehead atoms. The highest BCUT2D eigenvalue weighted by Gasteiger charge is 2.33. The van der Waals surface area contributed by atoms with Gasteiger partial charge < -0.3 is 0 Å². The van der Waals surface area contributed by atoms with Crippen molar-refractivity contribution >= 4 is 23.2 Å². The molecular formula is C7HCl2F3N2. The van der Waals surface area contributed by atoms with E-state index in [2.05, 4.69) is 4.98 Å². The first-order valence-corrected chi connectivity index (χ1v) is 3.95. The number of halogens is 5. The van der Waals surface area contributed by atoms with Gasteiger partial charge in [-0.1, -0.05) is 23.2 Å². The molecular weight excluding hydrogens is 240 g/mol. The molecule has 0 saturated carbocycles. The standard InChI is InChI=1S/C7HCl2F3N2/c8-4-1-5(7(10,11)12)14-6(9)3(4)2-13/h1H. The summed E-state index contributed by atoms with van der Waals surface area (Å²) in [5.41, 5.74) is -1.48. The van der Waals surface area contributed by atoms with Crippen LogP contribution in [-0.2, 0) is 6.18 Å². The Morgan fingerprint density at radius 3 is 2.29 bits per heavy atom. The third-order valence-electron chi connectivity index (χ3n) is 1.33. The quantitative estimate of drug-likeness (QED) is 0.653. The highest BCUT2D eigenvalue weighted by molar-refractivity contribution is 6.35. The molecule has 0 aliphatic rings. The first-order chi connectivity index (χ1) is 6.36. The Morgan fingerprint density at radius 2 is 1.93 bits per heavy atom. The number of hydrogen-bond acceptors (Lipinski definition) is 2. The van der Waals surface area contributed by atoms with Gasteiger partial charge in [0, 0.05) is 0 Å². The van der Waals surface area contributed by atoms with E-state index in [0.717, 1.165) is 0 Å². The summed E-state index contributed by atoms with van der Waals surface area (Å²) >= 11 is 10.7. The minimum Gasteiger partial charge on any atom is -0.230 e. The maximum atomic E-state index is 12.1. The second kappa shape index (κ2) is 3.64. The molecule has 0 unspecified atom stereocenters. The van der Waals surface area contributed by atoms with E-state index in [4.69, 9.17) is 28.5 Å². The molecule has 1 aromatic rings. The van der Waals surface area contributed by atoms with Gasteiger partial charge in [0.05, 0.1) is 5.02 Å². The van der Waals surface area contributed by atoms with E-state index in [9.17, 15) is 13.2 Å². The first-order valence-electron chi connectivity index (χ1n) is 3.19. The van der Waals surface area contributed by atoms with E-state index in [1.54, 1.807) is 6.07 Å². The Kier molecular flexibility index (Phi) is 2.88. The summed E-state index contributed by atoms with van der Waals surface area (Å²) < 4.78 is 36.4. The Morgan fingerprint density at radius 1 is 1.36 bits per heavy atom. The summed E-state index contributed by atoms with van der Waals surface area (Å²) in [7, 11) is 0. The second-order valence-electron chi connectivity index (χ2n) is 2.26. The number of alkyl halides is 3. The lowest BCUT2D eigenvalue weighted by Gasteiger charge is -2.07. The van der Waals surface area contributed by atoms with Gasteiger partial charge in [-0.15, -0.1) is 0 Å². The van der Waals surface area contributed by atoms with Crippen LogP contribution in [-0.4, -0.2) is 4.98 Å². The third kappa shape index (κ3) is 2.08. The van der Waals surface area contributed by atoms with Crippen LogP contribution in [0.2, 0.25) is 10.2 Å². The van der Waals surface area contributed by atoms with Crippen LogP contribution in [0.3, 0.4) is 0 Å². The minimum atomic E-state index is -4.62. The minimum absolute atomic E-state index is 0.263. The van der Waals surface area contributed by atoms with Crippen LogP contribution in [0.1, 0.15) is 11.3 Å². The summed E-state index contributed by atoms with van der Waals surface area (Å²) in [6.07, 6.45) is -4.62. The molecule has 0 fully saturated rings. The summed E-state index contributed by atoms with van der Waals surface area (Å²) in [6.45, 7) is 0. The van der Waals surface area contributed by atoms with Gasteiger partial charge in [0.15, 0.2) is 0 Å². The highest BCUT2D eigenvalue weighted by Crippen LogP contribution is 2.32. The largest absolute Gasteiger partial charge is 0.433 e. The predicted octanol–water partition coefficient (Wildman–Crippen LogP) is 3.28. The SMILES string of the molecule is N#Cc1c(Cl)cc(C(F)(F)F)nc1Cl. The first kappa shape index (κ1) is 11.1. The molecule has 0 saturated heterocycles. The van der Waals surface area contributed by atoms with E-state index >= 15 is 0 Å². The monoisotopic (exact) mass is 240 g/mol. The number of aromatic nitrogens is 1. The molecule has 0 N–H and O–H groups in total. The molecule has 7 heteroatoms. The van der Waals surface area contributed by atoms with Crippen LogP contribution in [0.25, 0.3) is 0 Å². The normalized spacial score (nSPS) is 11.1. The van der Waals surface area contributed by atoms with Gasteiger partial charge in [0.2, 0.25) is 0 Å². The van der Waals surface area contributed by atoms with E-state index in [1.807, 2.05) is 0 Å². The van der Waals surface area contributed by atoms with Gasteiger partial charge in [-0.2, -0.15) is 18.4 Å². The maximum absolute atomic E-state index is 12.1. The zero-order valence-corrected chi connectivity index (χ0v) is 7.87. The zero-order valence-electron chi connectivity index (χ0n) is 6.36. The number of hydrogen-bond donors (Lipinski definition) is 0. The highest BCUT2D eigenvalue weighted by atomic mass is 35.5. The van der Waals surface area contributed by atoms with Gasteiger partial charge in [-0.25, -0.2) is 4.98 Å². The van der Waals surface area contributed by atoms with Gasteiger partial charge in [-0.3, -0.25) is 0 Å². The van der Waals surface area contributed by atoms with Crippen molar-refractivity contribution in [2.24, 2.45) is 0 Å². The third-order valence-corrected chi connectivity index (χ3v) is 1.90. The number of rotatable bonds is 0. The lowest BCUT2D eigenvalue weighted by Crippen LogP contribution is -2.08. The van der Waals surface area contributed by atoms with Gasteiger partial charge in [-0.05, 0) is 6.07 Å². The van der Waals surface area contributed by atoms with E-state index < -0.39 is 17.0 Å². The number of nitrogens with zero attached hydrogens (tertiary/aromatic N) is 2. The summed E-state index contributed by atoms with van der Waals surface area (Å²) in [6, 6.07) is 2.11. The fourth-order valence-corrected chi connectivity index (χ4v) is 1.25. The fourth-order valence-electron chi connectivity index (χ4n) is 0.729. The van der Waals surface area contributed by atoms with Crippen molar-refractivity contribution in [2.75, 3.05) is 0 Å². The molecule has 1 rings (SSSR count). The number of pyridine rings is 1. The molecule has 0 aliphatic carbocycles. The van der Waals surface area contributed by atoms with Gasteiger partial charge in [0.25, 0.3) is 0 Å². The lowest BCUT2D eigenvalue weighted by atomic mass is 10.2. The average molecular weight is 241 g/mol. The second-order valence-corrected chi connectivity index (χ2v) is 3.03. The summed E-state index contributed by atoms with van der Waals surface area (Å²) in [5, 5.41) is 7.54. The Bertz CT molecular complexity index is 385. The van der Waals surface area contributed by atoms with E-state index in [1.165, 1.54) is 0 Å². The van der Waals surface area contributed by atoms with Crippen molar-refractivity contribution in [2.45, 2.75) is 6.18 Å². The molecule has 14 heavy (non-hydrogen) atoms. The molecule has 0 radical (unpaired) electrons. The molecule has 74 valence electrons. The molecule has 0 spiro atoms. The Balaban J connectivity index is 3.37. The van der Waals surface area contributed by atoms with Crippen LogP contribution in [0, 0.1) is 11.3 Å². The van der Waals surface area contributed by atoms with Crippen molar-refractivity contribution in [1.29, 1.82) is 5.26 Å². The van der Waals surface area contributed by atoms with Crippen LogP contribution < -0.4 is 0 Å². The van der Waals surface area contributed by atoms with Crippen molar-refractivity contribution in [3.63, 3.8) is 0 Å². The molecule has 1 heterocycles. The fraction of sp³-hybridized carbons (Fsp3) is 0.143. The van der Waals surface area contributed by atoms with Crippen LogP contribution in [0.15, 0.2) is 6.07 Å². The maximum Gasteiger partial charge on any atom is 0.433 e. The van der Waals surface area contributed by atoms with Crippen LogP contribution in [0.5, 0.6) is 0 Å². The lowest BCUT2D eigenvalue weighted by molar-refractivity contribution is -0.141. The van der Waals surface area contributed by atoms with Gasteiger partial charge >= 0.3 is 6.18 Å². The predicted molar refractivity (Wildman–Crippen MR) is 44.0 cm³/mol. The summed E-state index contributed by atoms with van der Waals surface area (Å²) in [4.78, 5) is 3.01. The van der Waals surface area contributed by atoms with E-state index in [-0.39, 0.29) is 10.6 Å². The molecule has 2 nitrogen and oxygen atoms in total. The van der Waals surface area contributed by atoms with Crippen LogP contribution >= 0.6 is 23.2 Å². The smallest absolute Gasteiger partial charge is 0.230 e. The van der Waals surface area contributed by atoms with Crippen molar-refractivity contribution in [3.8, 4) is 6.07 Å². The summed E-state index contributed by atoms with van der Waals surface area (Å²) in [5.74, 6) is 0. The molecule has 0 atom stereocenters. The van der Waals surface area contributed by atoms with Crippen molar-refractivity contribution < 1.29 is 13.2 Å². The number of nitriles is 1. The molecule has 1 aromatic heterocycles. The molecule has 0 aromatic carbocycles.